The molecule has 0 spiro atoms. The number of hydrogen-bond donors (Lipinski definition) is 3. The molecule has 0 aromatic carbocycles. The van der Waals surface area contributed by atoms with E-state index in [0.29, 0.717) is 27.0 Å². The van der Waals surface area contributed by atoms with Crippen LogP contribution in [0.15, 0.2) is 21.8 Å². The van der Waals surface area contributed by atoms with Crippen LogP contribution in [0.25, 0.3) is 0 Å². The van der Waals surface area contributed by atoms with Gasteiger partial charge in [-0.25, -0.2) is 0 Å². The third-order valence-electron chi connectivity index (χ3n) is 5.10. The van der Waals surface area contributed by atoms with Crippen LogP contribution in [0.2, 0.25) is 0 Å². The molecule has 12 nitrogen and oxygen atoms in total. The molecule has 1 unspecified atom stereocenters. The minimum Gasteiger partial charge on any atom is -0.543 e. The Hall–Kier alpha value is -1.78. The first kappa shape index (κ1) is 25.8. The Balaban J connectivity index is 0.00000306. The zero-order valence-corrected chi connectivity index (χ0v) is 22.3. The van der Waals surface area contributed by atoms with Gasteiger partial charge in [-0.15, -0.1) is 33.3 Å². The van der Waals surface area contributed by atoms with Crippen molar-refractivity contribution in [3.05, 3.63) is 33.0 Å². The zero-order chi connectivity index (χ0) is 23.2. The number of aliphatic carboxylic acids is 1. The van der Waals surface area contributed by atoms with Gasteiger partial charge in [-0.3, -0.25) is 19.9 Å². The zero-order valence-electron chi connectivity index (χ0n) is 17.9. The summed E-state index contributed by atoms with van der Waals surface area (Å²) in [5, 5.41) is 41.2. The molecule has 4 rings (SSSR count). The summed E-state index contributed by atoms with van der Waals surface area (Å²) >= 11 is 3.65. The van der Waals surface area contributed by atoms with E-state index < -0.39 is 29.2 Å². The molecule has 0 saturated carbocycles. The minimum absolute atomic E-state index is 0. The van der Waals surface area contributed by atoms with Crippen molar-refractivity contribution >= 4 is 52.6 Å². The summed E-state index contributed by atoms with van der Waals surface area (Å²) in [6.07, 6.45) is -0.213. The SMILES string of the molecule is Cc1nnc(SCC2=C(C(=O)[O-])N3C(=O)C(NC(=O)Cc4csc(=N)n4O)[C@H]3SC2)n1C.[Na+]. The van der Waals surface area contributed by atoms with E-state index in [9.17, 15) is 24.7 Å². The molecule has 0 aliphatic carbocycles. The molecule has 16 heteroatoms. The van der Waals surface area contributed by atoms with Crippen molar-refractivity contribution in [2.75, 3.05) is 11.5 Å². The van der Waals surface area contributed by atoms with Gasteiger partial charge < -0.3 is 25.0 Å². The molecule has 2 aliphatic heterocycles. The van der Waals surface area contributed by atoms with Gasteiger partial charge >= 0.3 is 29.6 Å². The van der Waals surface area contributed by atoms with Gasteiger partial charge in [0.2, 0.25) is 10.7 Å². The van der Waals surface area contributed by atoms with Crippen molar-refractivity contribution in [2.24, 2.45) is 7.05 Å². The predicted octanol–water partition coefficient (Wildman–Crippen LogP) is -4.55. The molecule has 1 saturated heterocycles. The maximum Gasteiger partial charge on any atom is 1.00 e. The van der Waals surface area contributed by atoms with Crippen LogP contribution >= 0.6 is 34.9 Å². The molecule has 2 aliphatic rings. The number of thiazole rings is 1. The number of β-lactam (4-membered cyclic amide) rings is 1. The van der Waals surface area contributed by atoms with Crippen LogP contribution in [0.3, 0.4) is 0 Å². The van der Waals surface area contributed by atoms with Gasteiger partial charge in [0.1, 0.15) is 17.2 Å². The number of nitrogens with one attached hydrogen (secondary N) is 2. The first-order valence-electron chi connectivity index (χ1n) is 9.28. The summed E-state index contributed by atoms with van der Waals surface area (Å²) < 4.78 is 2.39. The van der Waals surface area contributed by atoms with E-state index in [0.717, 1.165) is 22.1 Å². The molecule has 4 heterocycles. The first-order valence-corrected chi connectivity index (χ1v) is 12.2. The molecule has 1 fully saturated rings. The van der Waals surface area contributed by atoms with Gasteiger partial charge in [0.25, 0.3) is 5.91 Å². The van der Waals surface area contributed by atoms with E-state index in [4.69, 9.17) is 5.41 Å². The molecule has 170 valence electrons. The van der Waals surface area contributed by atoms with Crippen LogP contribution < -0.4 is 44.8 Å². The second-order valence-corrected chi connectivity index (χ2v) is 10.00. The van der Waals surface area contributed by atoms with Gasteiger partial charge in [-0.1, -0.05) is 11.8 Å². The summed E-state index contributed by atoms with van der Waals surface area (Å²) in [7, 11) is 1.81. The number of amides is 2. The Labute approximate surface area is 222 Å². The fourth-order valence-electron chi connectivity index (χ4n) is 3.31. The standard InChI is InChI=1S/C17H19N7O5S3.Na/c1-7-20-21-17(22(7)2)32-5-8-4-30-14-11(13(26)23(14)12(8)15(27)28)19-10(25)3-9-6-31-16(18)24(9)29;/h6,11,14,18,29H,3-5H2,1-2H3,(H,19,25)(H,27,28);/q;+1/p-1/t11?,14-;/m1./s1. The number of carbonyl (C=O) groups is 3. The van der Waals surface area contributed by atoms with Crippen molar-refractivity contribution in [1.82, 2.24) is 29.7 Å². The van der Waals surface area contributed by atoms with Crippen molar-refractivity contribution in [1.29, 1.82) is 5.41 Å². The molecule has 2 aromatic heterocycles. The predicted molar refractivity (Wildman–Crippen MR) is 113 cm³/mol. The molecule has 0 bridgehead atoms. The normalized spacial score (nSPS) is 19.6. The average Bonchev–Trinajstić information content (AvgIpc) is 3.25. The third kappa shape index (κ3) is 4.88. The van der Waals surface area contributed by atoms with Gasteiger partial charge in [0, 0.05) is 23.9 Å². The molecule has 2 aromatic rings. The monoisotopic (exact) mass is 519 g/mol. The maximum atomic E-state index is 12.7. The Bertz CT molecular complexity index is 1210. The molecule has 2 amide bonds. The van der Waals surface area contributed by atoms with Crippen LogP contribution in [-0.4, -0.2) is 70.3 Å². The first-order chi connectivity index (χ1) is 15.2. The Morgan fingerprint density at radius 1 is 1.42 bits per heavy atom. The second kappa shape index (κ2) is 10.2. The topological polar surface area (TPSA) is 169 Å². The Morgan fingerprint density at radius 3 is 2.73 bits per heavy atom. The Morgan fingerprint density at radius 2 is 2.15 bits per heavy atom. The number of nitrogens with zero attached hydrogens (tertiary/aromatic N) is 5. The smallest absolute Gasteiger partial charge is 0.543 e. The summed E-state index contributed by atoms with van der Waals surface area (Å²) in [5.41, 5.74) is 0.601. The van der Waals surface area contributed by atoms with Crippen LogP contribution in [0.4, 0.5) is 0 Å². The maximum absolute atomic E-state index is 12.7. The van der Waals surface area contributed by atoms with Gasteiger partial charge in [-0.05, 0) is 12.5 Å². The van der Waals surface area contributed by atoms with Crippen molar-refractivity contribution in [2.45, 2.75) is 29.9 Å². The number of carboxylic acids is 1. The van der Waals surface area contributed by atoms with Crippen molar-refractivity contribution in [3.8, 4) is 0 Å². The summed E-state index contributed by atoms with van der Waals surface area (Å²) in [5.74, 6) is -1.10. The second-order valence-electron chi connectivity index (χ2n) is 7.09. The number of rotatable bonds is 7. The van der Waals surface area contributed by atoms with Crippen LogP contribution in [0.5, 0.6) is 0 Å². The number of aryl methyl sites for hydroxylation is 1. The molecule has 33 heavy (non-hydrogen) atoms. The fraction of sp³-hybridized carbons (Fsp3) is 0.412. The number of carbonyl (C=O) groups excluding carboxylic acids is 3. The Kier molecular flexibility index (Phi) is 8.01. The average molecular weight is 520 g/mol. The minimum atomic E-state index is -1.44. The van der Waals surface area contributed by atoms with E-state index in [2.05, 4.69) is 15.5 Å². The number of hydrogen-bond acceptors (Lipinski definition) is 11. The van der Waals surface area contributed by atoms with E-state index in [1.807, 2.05) is 7.05 Å². The summed E-state index contributed by atoms with van der Waals surface area (Å²) in [6, 6.07) is -0.876. The molecular weight excluding hydrogens is 501 g/mol. The van der Waals surface area contributed by atoms with E-state index in [1.54, 1.807) is 11.5 Å². The number of aromatic nitrogens is 4. The largest absolute Gasteiger partial charge is 1.00 e. The number of thioether (sulfide) groups is 2. The molecular formula is C17H18N7NaO5S3. The molecule has 2 atom stereocenters. The van der Waals surface area contributed by atoms with Crippen molar-refractivity contribution in [3.63, 3.8) is 0 Å². The van der Waals surface area contributed by atoms with Crippen LogP contribution in [-0.2, 0) is 27.9 Å². The van der Waals surface area contributed by atoms with Gasteiger partial charge in [0.05, 0.1) is 23.8 Å². The summed E-state index contributed by atoms with van der Waals surface area (Å²) in [6.45, 7) is 1.81. The van der Waals surface area contributed by atoms with E-state index in [-0.39, 0.29) is 52.2 Å². The van der Waals surface area contributed by atoms with Gasteiger partial charge in [0.15, 0.2) is 5.16 Å². The summed E-state index contributed by atoms with van der Waals surface area (Å²) in [4.78, 5) is 37.9. The van der Waals surface area contributed by atoms with Crippen LogP contribution in [0.1, 0.15) is 11.5 Å². The van der Waals surface area contributed by atoms with E-state index >= 15 is 0 Å². The number of carboxylic acid groups (broad SMARTS) is 1. The molecule has 3 N–H and O–H groups in total. The van der Waals surface area contributed by atoms with Crippen molar-refractivity contribution < 1.29 is 54.3 Å². The van der Waals surface area contributed by atoms with Crippen LogP contribution in [0, 0.1) is 12.3 Å². The fourth-order valence-corrected chi connectivity index (χ4v) is 6.40. The number of fused-ring (bicyclic) bond motifs is 1. The quantitative estimate of drug-likeness (QED) is 0.141. The van der Waals surface area contributed by atoms with E-state index in [1.165, 1.54) is 28.9 Å². The third-order valence-corrected chi connectivity index (χ3v) is 8.33. The van der Waals surface area contributed by atoms with Gasteiger partial charge in [-0.2, -0.15) is 4.73 Å². The molecule has 0 radical (unpaired) electrons.